The molecule has 24 heavy (non-hydrogen) atoms. The molecule has 0 bridgehead atoms. The first kappa shape index (κ1) is 15.5. The first-order chi connectivity index (χ1) is 11.7. The molecule has 0 unspecified atom stereocenters. The zero-order valence-corrected chi connectivity index (χ0v) is 12.9. The predicted molar refractivity (Wildman–Crippen MR) is 96.1 cm³/mol. The molecule has 0 aliphatic rings. The molecule has 0 fully saturated rings. The molecule has 0 saturated carbocycles. The number of carbonyl (C=O) groups is 2. The average molecular weight is 316 g/mol. The topological polar surface area (TPSA) is 72.2 Å². The first-order valence-electron chi connectivity index (χ1n) is 7.49. The van der Waals surface area contributed by atoms with E-state index in [4.69, 9.17) is 5.73 Å². The Bertz CT molecular complexity index is 889. The van der Waals surface area contributed by atoms with E-state index < -0.39 is 0 Å². The standard InChI is InChI=1S/C20H16N2O2/c21-19-12-16(11-10-15(19)13-23)22-20(24)18-9-5-4-8-17(18)14-6-2-1-3-7-14/h1-13H,21H2,(H,22,24). The molecule has 0 aliphatic heterocycles. The first-order valence-corrected chi connectivity index (χ1v) is 7.49. The lowest BCUT2D eigenvalue weighted by Gasteiger charge is -2.11. The van der Waals surface area contributed by atoms with E-state index in [0.29, 0.717) is 28.8 Å². The molecule has 118 valence electrons. The highest BCUT2D eigenvalue weighted by atomic mass is 16.1. The van der Waals surface area contributed by atoms with E-state index in [9.17, 15) is 9.59 Å². The second-order valence-electron chi connectivity index (χ2n) is 5.33. The van der Waals surface area contributed by atoms with Crippen molar-refractivity contribution in [3.63, 3.8) is 0 Å². The molecular formula is C20H16N2O2. The van der Waals surface area contributed by atoms with Gasteiger partial charge in [-0.2, -0.15) is 0 Å². The fraction of sp³-hybridized carbons (Fsp3) is 0. The smallest absolute Gasteiger partial charge is 0.256 e. The Morgan fingerprint density at radius 1 is 0.917 bits per heavy atom. The number of carbonyl (C=O) groups excluding carboxylic acids is 2. The van der Waals surface area contributed by atoms with Gasteiger partial charge in [-0.05, 0) is 35.4 Å². The number of benzene rings is 3. The third-order valence-electron chi connectivity index (χ3n) is 3.73. The molecule has 3 rings (SSSR count). The van der Waals surface area contributed by atoms with E-state index in [1.165, 1.54) is 0 Å². The van der Waals surface area contributed by atoms with Crippen LogP contribution in [0.15, 0.2) is 72.8 Å². The molecule has 3 N–H and O–H groups in total. The van der Waals surface area contributed by atoms with Gasteiger partial charge in [0.05, 0.1) is 0 Å². The number of hydrogen-bond acceptors (Lipinski definition) is 3. The summed E-state index contributed by atoms with van der Waals surface area (Å²) in [5.41, 5.74) is 9.46. The third kappa shape index (κ3) is 3.17. The quantitative estimate of drug-likeness (QED) is 0.564. The van der Waals surface area contributed by atoms with Crippen molar-refractivity contribution < 1.29 is 9.59 Å². The van der Waals surface area contributed by atoms with E-state index in [2.05, 4.69) is 5.32 Å². The maximum atomic E-state index is 12.7. The summed E-state index contributed by atoms with van der Waals surface area (Å²) in [7, 11) is 0. The van der Waals surface area contributed by atoms with Gasteiger partial charge < -0.3 is 11.1 Å². The van der Waals surface area contributed by atoms with Crippen LogP contribution in [-0.4, -0.2) is 12.2 Å². The molecule has 0 aliphatic carbocycles. The number of nitrogens with two attached hydrogens (primary N) is 1. The van der Waals surface area contributed by atoms with Crippen molar-refractivity contribution in [1.29, 1.82) is 0 Å². The van der Waals surface area contributed by atoms with Crippen LogP contribution in [-0.2, 0) is 0 Å². The second-order valence-corrected chi connectivity index (χ2v) is 5.33. The number of anilines is 2. The van der Waals surface area contributed by atoms with Gasteiger partial charge in [0.2, 0.25) is 0 Å². The lowest BCUT2D eigenvalue weighted by atomic mass is 9.99. The Morgan fingerprint density at radius 2 is 1.62 bits per heavy atom. The Labute approximate surface area is 139 Å². The molecular weight excluding hydrogens is 300 g/mol. The maximum Gasteiger partial charge on any atom is 0.256 e. The zero-order valence-electron chi connectivity index (χ0n) is 12.9. The third-order valence-corrected chi connectivity index (χ3v) is 3.73. The normalized spacial score (nSPS) is 10.2. The minimum absolute atomic E-state index is 0.229. The number of nitrogens with one attached hydrogen (secondary N) is 1. The maximum absolute atomic E-state index is 12.7. The molecule has 0 aromatic heterocycles. The molecule has 0 heterocycles. The van der Waals surface area contributed by atoms with Gasteiger partial charge >= 0.3 is 0 Å². The lowest BCUT2D eigenvalue weighted by Crippen LogP contribution is -2.13. The van der Waals surface area contributed by atoms with Crippen LogP contribution >= 0.6 is 0 Å². The van der Waals surface area contributed by atoms with Gasteiger partial charge in [0, 0.05) is 22.5 Å². The molecule has 0 saturated heterocycles. The molecule has 3 aromatic carbocycles. The van der Waals surface area contributed by atoms with Gasteiger partial charge in [0.15, 0.2) is 6.29 Å². The van der Waals surface area contributed by atoms with Crippen molar-refractivity contribution in [1.82, 2.24) is 0 Å². The zero-order chi connectivity index (χ0) is 16.9. The minimum Gasteiger partial charge on any atom is -0.398 e. The van der Waals surface area contributed by atoms with Gasteiger partial charge in [0.1, 0.15) is 0 Å². The van der Waals surface area contributed by atoms with Crippen LogP contribution in [0.4, 0.5) is 11.4 Å². The van der Waals surface area contributed by atoms with E-state index in [1.54, 1.807) is 24.3 Å². The molecule has 0 spiro atoms. The second kappa shape index (κ2) is 6.79. The van der Waals surface area contributed by atoms with Crippen molar-refractivity contribution in [2.24, 2.45) is 0 Å². The summed E-state index contributed by atoms with van der Waals surface area (Å²) in [6, 6.07) is 22.0. The van der Waals surface area contributed by atoms with Crippen LogP contribution in [0, 0.1) is 0 Å². The minimum atomic E-state index is -0.229. The van der Waals surface area contributed by atoms with Crippen LogP contribution < -0.4 is 11.1 Å². The van der Waals surface area contributed by atoms with Crippen molar-refractivity contribution in [3.05, 3.63) is 83.9 Å². The van der Waals surface area contributed by atoms with Crippen molar-refractivity contribution in [2.75, 3.05) is 11.1 Å². The van der Waals surface area contributed by atoms with Crippen LogP contribution in [0.3, 0.4) is 0 Å². The number of aldehydes is 1. The molecule has 0 radical (unpaired) electrons. The highest BCUT2D eigenvalue weighted by molar-refractivity contribution is 6.09. The van der Waals surface area contributed by atoms with E-state index in [-0.39, 0.29) is 5.91 Å². The monoisotopic (exact) mass is 316 g/mol. The van der Waals surface area contributed by atoms with Crippen molar-refractivity contribution in [2.45, 2.75) is 0 Å². The van der Waals surface area contributed by atoms with Gasteiger partial charge in [-0.3, -0.25) is 9.59 Å². The molecule has 4 nitrogen and oxygen atoms in total. The highest BCUT2D eigenvalue weighted by Gasteiger charge is 2.13. The Morgan fingerprint density at radius 3 is 2.33 bits per heavy atom. The molecule has 1 amide bonds. The number of nitrogen functional groups attached to an aromatic ring is 1. The van der Waals surface area contributed by atoms with Crippen LogP contribution in [0.1, 0.15) is 20.7 Å². The molecule has 0 atom stereocenters. The SMILES string of the molecule is Nc1cc(NC(=O)c2ccccc2-c2ccccc2)ccc1C=O. The van der Waals surface area contributed by atoms with Crippen molar-refractivity contribution in [3.8, 4) is 11.1 Å². The summed E-state index contributed by atoms with van der Waals surface area (Å²) < 4.78 is 0. The van der Waals surface area contributed by atoms with Gasteiger partial charge in [-0.1, -0.05) is 48.5 Å². The largest absolute Gasteiger partial charge is 0.398 e. The summed E-state index contributed by atoms with van der Waals surface area (Å²) in [5.74, 6) is -0.229. The Kier molecular flexibility index (Phi) is 4.38. The van der Waals surface area contributed by atoms with E-state index in [1.807, 2.05) is 48.5 Å². The number of amides is 1. The lowest BCUT2D eigenvalue weighted by molar-refractivity contribution is 0.102. The van der Waals surface area contributed by atoms with Gasteiger partial charge in [-0.25, -0.2) is 0 Å². The Balaban J connectivity index is 1.91. The fourth-order valence-electron chi connectivity index (χ4n) is 2.51. The summed E-state index contributed by atoms with van der Waals surface area (Å²) >= 11 is 0. The van der Waals surface area contributed by atoms with Gasteiger partial charge in [-0.15, -0.1) is 0 Å². The summed E-state index contributed by atoms with van der Waals surface area (Å²) in [6.07, 6.45) is 0.686. The summed E-state index contributed by atoms with van der Waals surface area (Å²) in [6.45, 7) is 0. The fourth-order valence-corrected chi connectivity index (χ4v) is 2.51. The summed E-state index contributed by atoms with van der Waals surface area (Å²) in [4.78, 5) is 23.5. The van der Waals surface area contributed by atoms with Crippen molar-refractivity contribution >= 4 is 23.6 Å². The number of rotatable bonds is 4. The molecule has 4 heteroatoms. The summed E-state index contributed by atoms with van der Waals surface area (Å²) in [5, 5.41) is 2.83. The predicted octanol–water partition coefficient (Wildman–Crippen LogP) is 4.00. The van der Waals surface area contributed by atoms with Crippen LogP contribution in [0.2, 0.25) is 0 Å². The van der Waals surface area contributed by atoms with Crippen LogP contribution in [0.5, 0.6) is 0 Å². The average Bonchev–Trinajstić information content (AvgIpc) is 2.62. The van der Waals surface area contributed by atoms with E-state index in [0.717, 1.165) is 11.1 Å². The Hall–Kier alpha value is -3.40. The van der Waals surface area contributed by atoms with E-state index >= 15 is 0 Å². The number of hydrogen-bond donors (Lipinski definition) is 2. The highest BCUT2D eigenvalue weighted by Crippen LogP contribution is 2.25. The molecule has 3 aromatic rings. The van der Waals surface area contributed by atoms with Gasteiger partial charge in [0.25, 0.3) is 5.91 Å². The van der Waals surface area contributed by atoms with Crippen LogP contribution in [0.25, 0.3) is 11.1 Å².